The lowest BCUT2D eigenvalue weighted by Gasteiger charge is -2.02. The van der Waals surface area contributed by atoms with Crippen molar-refractivity contribution in [3.8, 4) is 11.8 Å². The van der Waals surface area contributed by atoms with E-state index in [1.54, 1.807) is 11.8 Å². The average Bonchev–Trinajstić information content (AvgIpc) is 2.47. The minimum absolute atomic E-state index is 0.852. The lowest BCUT2D eigenvalue weighted by Crippen LogP contribution is -1.82. The molecule has 0 atom stereocenters. The summed E-state index contributed by atoms with van der Waals surface area (Å²) in [6, 6.07) is 0. The van der Waals surface area contributed by atoms with Crippen molar-refractivity contribution in [2.75, 3.05) is 5.75 Å². The fourth-order valence-electron chi connectivity index (χ4n) is 1.12. The van der Waals surface area contributed by atoms with Crippen LogP contribution in [0.2, 0.25) is 0 Å². The molecule has 0 spiro atoms. The highest BCUT2D eigenvalue weighted by molar-refractivity contribution is 8.03. The molecule has 0 amide bonds. The molecule has 0 radical (unpaired) electrons. The Bertz CT molecular complexity index is 425. The predicted molar refractivity (Wildman–Crippen MR) is 57.2 cm³/mol. The molecule has 1 aliphatic carbocycles. The Hall–Kier alpha value is -1.31. The molecule has 1 heteroatoms. The number of hydrogen-bond donors (Lipinski definition) is 0. The summed E-state index contributed by atoms with van der Waals surface area (Å²) in [4.78, 5) is 1.26. The maximum absolute atomic E-state index is 3.10. The second kappa shape index (κ2) is 4.08. The van der Waals surface area contributed by atoms with E-state index in [2.05, 4.69) is 35.5 Å². The third-order valence-electron chi connectivity index (χ3n) is 1.73. The van der Waals surface area contributed by atoms with E-state index in [0.29, 0.717) is 0 Å². The van der Waals surface area contributed by atoms with Gasteiger partial charge in [0.25, 0.3) is 0 Å². The SMILES string of the molecule is C1=C=C(C2=CCC#CCS2)C=CC=1. The van der Waals surface area contributed by atoms with Gasteiger partial charge in [0.1, 0.15) is 0 Å². The summed E-state index contributed by atoms with van der Waals surface area (Å²) >= 11 is 1.77. The van der Waals surface area contributed by atoms with Crippen LogP contribution < -0.4 is 0 Å². The Labute approximate surface area is 82.4 Å². The zero-order valence-corrected chi connectivity index (χ0v) is 7.95. The number of thioether (sulfide) groups is 1. The molecule has 0 N–H and O–H groups in total. The molecule has 0 aromatic carbocycles. The molecule has 0 saturated heterocycles. The average molecular weight is 184 g/mol. The van der Waals surface area contributed by atoms with Crippen LogP contribution in [0.4, 0.5) is 0 Å². The third kappa shape index (κ3) is 2.08. The quantitative estimate of drug-likeness (QED) is 0.446. The summed E-state index contributed by atoms with van der Waals surface area (Å²) in [7, 11) is 0. The summed E-state index contributed by atoms with van der Waals surface area (Å²) in [6.45, 7) is 0. The van der Waals surface area contributed by atoms with Crippen LogP contribution in [-0.2, 0) is 0 Å². The van der Waals surface area contributed by atoms with Crippen LogP contribution in [0.1, 0.15) is 6.42 Å². The first kappa shape index (κ1) is 8.30. The molecule has 2 aliphatic rings. The third-order valence-corrected chi connectivity index (χ3v) is 2.72. The topological polar surface area (TPSA) is 0 Å². The van der Waals surface area contributed by atoms with Crippen LogP contribution >= 0.6 is 11.8 Å². The minimum atomic E-state index is 0.852. The Kier molecular flexibility index (Phi) is 2.60. The first-order valence-electron chi connectivity index (χ1n) is 4.14. The highest BCUT2D eigenvalue weighted by atomic mass is 32.2. The lowest BCUT2D eigenvalue weighted by atomic mass is 10.2. The molecule has 13 heavy (non-hydrogen) atoms. The van der Waals surface area contributed by atoms with E-state index in [-0.39, 0.29) is 0 Å². The van der Waals surface area contributed by atoms with E-state index in [4.69, 9.17) is 0 Å². The largest absolute Gasteiger partial charge is 0.112 e. The van der Waals surface area contributed by atoms with Crippen LogP contribution in [0, 0.1) is 11.8 Å². The van der Waals surface area contributed by atoms with E-state index >= 15 is 0 Å². The van der Waals surface area contributed by atoms with Gasteiger partial charge in [0, 0.05) is 16.9 Å². The molecule has 0 aromatic rings. The van der Waals surface area contributed by atoms with Crippen LogP contribution in [0.25, 0.3) is 0 Å². The summed E-state index contributed by atoms with van der Waals surface area (Å²) in [6.07, 6.45) is 8.91. The number of allylic oxidation sites excluding steroid dienone is 5. The van der Waals surface area contributed by atoms with Gasteiger partial charge in [-0.25, -0.2) is 0 Å². The highest BCUT2D eigenvalue weighted by Gasteiger charge is 2.03. The summed E-state index contributed by atoms with van der Waals surface area (Å²) in [5.41, 5.74) is 7.18. The van der Waals surface area contributed by atoms with Gasteiger partial charge in [0.15, 0.2) is 0 Å². The molecular weight excluding hydrogens is 176 g/mol. The van der Waals surface area contributed by atoms with Gasteiger partial charge in [-0.3, -0.25) is 0 Å². The standard InChI is InChI=1S/C12H8S/c1-3-7-11(8-4-1)12-9-5-2-6-10-13-12/h1,3,7,9H,5,10H2. The van der Waals surface area contributed by atoms with Crippen molar-refractivity contribution in [1.29, 1.82) is 0 Å². The van der Waals surface area contributed by atoms with Gasteiger partial charge >= 0.3 is 0 Å². The maximum Gasteiger partial charge on any atom is 0.0595 e. The van der Waals surface area contributed by atoms with E-state index in [1.807, 2.05) is 12.2 Å². The Morgan fingerprint density at radius 1 is 1.31 bits per heavy atom. The molecule has 1 aliphatic heterocycles. The Morgan fingerprint density at radius 3 is 3.15 bits per heavy atom. The minimum Gasteiger partial charge on any atom is -0.112 e. The second-order valence-corrected chi connectivity index (χ2v) is 3.64. The van der Waals surface area contributed by atoms with Crippen molar-refractivity contribution < 1.29 is 0 Å². The fraction of sp³-hybridized carbons (Fsp3) is 0.167. The Morgan fingerprint density at radius 2 is 2.31 bits per heavy atom. The summed E-state index contributed by atoms with van der Waals surface area (Å²) in [5.74, 6) is 7.04. The molecule has 0 aromatic heterocycles. The fourth-order valence-corrected chi connectivity index (χ4v) is 1.93. The maximum atomic E-state index is 3.10. The number of rotatable bonds is 1. The molecule has 1 heterocycles. The molecule has 0 unspecified atom stereocenters. The molecule has 0 fully saturated rings. The number of hydrogen-bond acceptors (Lipinski definition) is 1. The van der Waals surface area contributed by atoms with Crippen LogP contribution in [0.3, 0.4) is 0 Å². The van der Waals surface area contributed by atoms with Crippen molar-refractivity contribution in [2.45, 2.75) is 6.42 Å². The van der Waals surface area contributed by atoms with Crippen molar-refractivity contribution in [3.63, 3.8) is 0 Å². The van der Waals surface area contributed by atoms with Crippen molar-refractivity contribution in [2.24, 2.45) is 0 Å². The molecule has 2 rings (SSSR count). The molecular formula is C12H8S. The molecule has 0 nitrogen and oxygen atoms in total. The van der Waals surface area contributed by atoms with Crippen LogP contribution in [0.5, 0.6) is 0 Å². The van der Waals surface area contributed by atoms with E-state index < -0.39 is 0 Å². The first-order valence-corrected chi connectivity index (χ1v) is 5.13. The normalized spacial score (nSPS) is 18.5. The summed E-state index contributed by atoms with van der Waals surface area (Å²) in [5, 5.41) is 0. The molecule has 0 bridgehead atoms. The van der Waals surface area contributed by atoms with Crippen LogP contribution in [-0.4, -0.2) is 5.75 Å². The van der Waals surface area contributed by atoms with Crippen LogP contribution in [0.15, 0.2) is 46.2 Å². The van der Waals surface area contributed by atoms with E-state index in [1.165, 1.54) is 4.91 Å². The zero-order chi connectivity index (χ0) is 8.93. The van der Waals surface area contributed by atoms with E-state index in [0.717, 1.165) is 17.7 Å². The van der Waals surface area contributed by atoms with Gasteiger partial charge in [-0.1, -0.05) is 35.5 Å². The highest BCUT2D eigenvalue weighted by Crippen LogP contribution is 2.26. The van der Waals surface area contributed by atoms with Gasteiger partial charge in [-0.15, -0.1) is 11.8 Å². The van der Waals surface area contributed by atoms with E-state index in [9.17, 15) is 0 Å². The second-order valence-electron chi connectivity index (χ2n) is 2.62. The lowest BCUT2D eigenvalue weighted by molar-refractivity contribution is 1.44. The van der Waals surface area contributed by atoms with Gasteiger partial charge in [0.2, 0.25) is 0 Å². The van der Waals surface area contributed by atoms with Gasteiger partial charge in [0.05, 0.1) is 5.75 Å². The van der Waals surface area contributed by atoms with Gasteiger partial charge < -0.3 is 0 Å². The van der Waals surface area contributed by atoms with Crippen molar-refractivity contribution in [3.05, 3.63) is 46.2 Å². The first-order chi connectivity index (χ1) is 6.47. The van der Waals surface area contributed by atoms with Gasteiger partial charge in [-0.05, 0) is 12.2 Å². The smallest absolute Gasteiger partial charge is 0.0595 e. The monoisotopic (exact) mass is 184 g/mol. The van der Waals surface area contributed by atoms with Crippen molar-refractivity contribution >= 4 is 11.8 Å². The predicted octanol–water partition coefficient (Wildman–Crippen LogP) is 2.82. The van der Waals surface area contributed by atoms with Crippen molar-refractivity contribution in [1.82, 2.24) is 0 Å². The Balaban J connectivity index is 2.28. The summed E-state index contributed by atoms with van der Waals surface area (Å²) < 4.78 is 0. The van der Waals surface area contributed by atoms with Gasteiger partial charge in [-0.2, -0.15) is 0 Å². The zero-order valence-electron chi connectivity index (χ0n) is 7.13. The molecule has 62 valence electrons. The molecule has 0 saturated carbocycles.